The third-order valence-corrected chi connectivity index (χ3v) is 4.81. The van der Waals surface area contributed by atoms with Crippen molar-refractivity contribution in [2.24, 2.45) is 5.92 Å². The summed E-state index contributed by atoms with van der Waals surface area (Å²) in [4.78, 5) is 0. The molecule has 1 aliphatic rings. The molecule has 0 amide bonds. The van der Waals surface area contributed by atoms with E-state index in [0.717, 1.165) is 10.3 Å². The number of hydrogen-bond acceptors (Lipinski definition) is 1. The van der Waals surface area contributed by atoms with Crippen LogP contribution in [0.2, 0.25) is 0 Å². The first-order chi connectivity index (χ1) is 8.85. The minimum atomic E-state index is 0.268. The van der Waals surface area contributed by atoms with Crippen LogP contribution in [0.5, 0.6) is 0 Å². The van der Waals surface area contributed by atoms with Crippen LogP contribution in [-0.4, -0.2) is 10.5 Å². The molecule has 18 heavy (non-hydrogen) atoms. The molecule has 3 atom stereocenters. The Morgan fingerprint density at radius 2 is 1.94 bits per heavy atom. The van der Waals surface area contributed by atoms with Crippen LogP contribution in [0.1, 0.15) is 50.7 Å². The average molecular weight is 358 g/mol. The highest BCUT2D eigenvalue weighted by Crippen LogP contribution is 2.33. The van der Waals surface area contributed by atoms with Gasteiger partial charge in [0.25, 0.3) is 0 Å². The molecule has 0 heterocycles. The van der Waals surface area contributed by atoms with Gasteiger partial charge in [0.15, 0.2) is 0 Å². The Balaban J connectivity index is 2.01. The Hall–Kier alpha value is -0.0900. The molecule has 0 aliphatic heterocycles. The summed E-state index contributed by atoms with van der Waals surface area (Å²) in [5.74, 6) is 0.771. The Bertz CT molecular complexity index is 338. The van der Waals surface area contributed by atoms with E-state index in [1.54, 1.807) is 0 Å². The average Bonchev–Trinajstić information content (AvgIpc) is 2.46. The lowest BCUT2D eigenvalue weighted by atomic mass is 9.84. The first-order valence-electron chi connectivity index (χ1n) is 7.11. The summed E-state index contributed by atoms with van der Waals surface area (Å²) in [6, 6.07) is 10.7. The SMILES string of the molecule is CCC1CCCCC1OC(CI)c1ccccc1. The molecule has 1 aromatic carbocycles. The van der Waals surface area contributed by atoms with Crippen molar-refractivity contribution in [1.29, 1.82) is 0 Å². The fourth-order valence-electron chi connectivity index (χ4n) is 2.90. The molecule has 1 nitrogen and oxygen atoms in total. The predicted octanol–water partition coefficient (Wildman–Crippen LogP) is 5.15. The highest BCUT2D eigenvalue weighted by Gasteiger charge is 2.27. The highest BCUT2D eigenvalue weighted by atomic mass is 127. The zero-order valence-electron chi connectivity index (χ0n) is 11.1. The Morgan fingerprint density at radius 1 is 1.22 bits per heavy atom. The van der Waals surface area contributed by atoms with E-state index in [1.165, 1.54) is 37.7 Å². The molecule has 1 saturated carbocycles. The van der Waals surface area contributed by atoms with Crippen molar-refractivity contribution in [1.82, 2.24) is 0 Å². The van der Waals surface area contributed by atoms with E-state index >= 15 is 0 Å². The van der Waals surface area contributed by atoms with Crippen molar-refractivity contribution >= 4 is 22.6 Å². The third-order valence-electron chi connectivity index (χ3n) is 4.01. The lowest BCUT2D eigenvalue weighted by molar-refractivity contribution is -0.0517. The zero-order chi connectivity index (χ0) is 12.8. The van der Waals surface area contributed by atoms with Gasteiger partial charge in [-0.1, -0.05) is 79.1 Å². The summed E-state index contributed by atoms with van der Waals surface area (Å²) in [6.07, 6.45) is 7.32. The van der Waals surface area contributed by atoms with Crippen molar-refractivity contribution in [2.75, 3.05) is 4.43 Å². The third kappa shape index (κ3) is 3.70. The molecule has 2 rings (SSSR count). The molecule has 0 N–H and O–H groups in total. The van der Waals surface area contributed by atoms with Gasteiger partial charge in [-0.15, -0.1) is 0 Å². The van der Waals surface area contributed by atoms with E-state index in [4.69, 9.17) is 4.74 Å². The van der Waals surface area contributed by atoms with Crippen molar-refractivity contribution in [2.45, 2.75) is 51.2 Å². The Labute approximate surface area is 124 Å². The molecule has 0 bridgehead atoms. The zero-order valence-corrected chi connectivity index (χ0v) is 13.3. The van der Waals surface area contributed by atoms with Crippen LogP contribution in [-0.2, 0) is 4.74 Å². The smallest absolute Gasteiger partial charge is 0.0918 e. The topological polar surface area (TPSA) is 9.23 Å². The fraction of sp³-hybridized carbons (Fsp3) is 0.625. The van der Waals surface area contributed by atoms with Crippen LogP contribution in [0.25, 0.3) is 0 Å². The molecule has 0 spiro atoms. The largest absolute Gasteiger partial charge is 0.369 e. The van der Waals surface area contributed by atoms with Crippen LogP contribution in [0, 0.1) is 5.92 Å². The van der Waals surface area contributed by atoms with Crippen LogP contribution >= 0.6 is 22.6 Å². The number of ether oxygens (including phenoxy) is 1. The highest BCUT2D eigenvalue weighted by molar-refractivity contribution is 14.1. The van der Waals surface area contributed by atoms with Crippen LogP contribution in [0.4, 0.5) is 0 Å². The molecule has 3 unspecified atom stereocenters. The van der Waals surface area contributed by atoms with Crippen molar-refractivity contribution in [3.8, 4) is 0 Å². The van der Waals surface area contributed by atoms with Gasteiger partial charge < -0.3 is 4.74 Å². The number of rotatable bonds is 5. The van der Waals surface area contributed by atoms with Gasteiger partial charge in [-0.25, -0.2) is 0 Å². The lowest BCUT2D eigenvalue weighted by Crippen LogP contribution is -2.29. The van der Waals surface area contributed by atoms with Gasteiger partial charge in [-0.05, 0) is 24.3 Å². The van der Waals surface area contributed by atoms with E-state index in [-0.39, 0.29) is 6.10 Å². The first-order valence-corrected chi connectivity index (χ1v) is 8.64. The van der Waals surface area contributed by atoms with Crippen LogP contribution in [0.3, 0.4) is 0 Å². The van der Waals surface area contributed by atoms with Gasteiger partial charge in [0, 0.05) is 4.43 Å². The van der Waals surface area contributed by atoms with Gasteiger partial charge >= 0.3 is 0 Å². The van der Waals surface area contributed by atoms with Crippen LogP contribution < -0.4 is 0 Å². The summed E-state index contributed by atoms with van der Waals surface area (Å²) in [7, 11) is 0. The molecule has 0 saturated heterocycles. The molecule has 100 valence electrons. The monoisotopic (exact) mass is 358 g/mol. The number of halogens is 1. The summed E-state index contributed by atoms with van der Waals surface area (Å²) in [5.41, 5.74) is 1.33. The second kappa shape index (κ2) is 7.49. The summed E-state index contributed by atoms with van der Waals surface area (Å²) in [5, 5.41) is 0. The van der Waals surface area contributed by atoms with Crippen molar-refractivity contribution in [3.05, 3.63) is 35.9 Å². The molecule has 1 fully saturated rings. The molecular formula is C16H23IO. The minimum absolute atomic E-state index is 0.268. The first kappa shape index (κ1) is 14.3. The quantitative estimate of drug-likeness (QED) is 0.523. The predicted molar refractivity (Wildman–Crippen MR) is 85.2 cm³/mol. The number of hydrogen-bond donors (Lipinski definition) is 0. The molecule has 2 heteroatoms. The standard InChI is InChI=1S/C16H23IO/c1-2-13-8-6-7-11-15(13)18-16(12-17)14-9-4-3-5-10-14/h3-5,9-10,13,15-16H,2,6-8,11-12H2,1H3. The second-order valence-electron chi connectivity index (χ2n) is 5.18. The van der Waals surface area contributed by atoms with Gasteiger partial charge in [-0.2, -0.15) is 0 Å². The lowest BCUT2D eigenvalue weighted by Gasteiger charge is -2.33. The van der Waals surface area contributed by atoms with Gasteiger partial charge in [0.1, 0.15) is 0 Å². The van der Waals surface area contributed by atoms with Crippen molar-refractivity contribution < 1.29 is 4.74 Å². The minimum Gasteiger partial charge on any atom is -0.369 e. The van der Waals surface area contributed by atoms with Crippen LogP contribution in [0.15, 0.2) is 30.3 Å². The van der Waals surface area contributed by atoms with E-state index < -0.39 is 0 Å². The normalized spacial score (nSPS) is 25.9. The number of benzene rings is 1. The van der Waals surface area contributed by atoms with E-state index in [2.05, 4.69) is 59.8 Å². The maximum absolute atomic E-state index is 6.42. The molecular weight excluding hydrogens is 335 g/mol. The fourth-order valence-corrected chi connectivity index (χ4v) is 3.62. The van der Waals surface area contributed by atoms with Gasteiger partial charge in [-0.3, -0.25) is 0 Å². The molecule has 1 aliphatic carbocycles. The van der Waals surface area contributed by atoms with Gasteiger partial charge in [0.05, 0.1) is 12.2 Å². The summed E-state index contributed by atoms with van der Waals surface area (Å²) in [6.45, 7) is 2.30. The Morgan fingerprint density at radius 3 is 2.61 bits per heavy atom. The maximum Gasteiger partial charge on any atom is 0.0918 e. The maximum atomic E-state index is 6.42. The van der Waals surface area contributed by atoms with E-state index in [9.17, 15) is 0 Å². The van der Waals surface area contributed by atoms with Crippen molar-refractivity contribution in [3.63, 3.8) is 0 Å². The summed E-state index contributed by atoms with van der Waals surface area (Å²) >= 11 is 2.44. The van der Waals surface area contributed by atoms with E-state index in [1.807, 2.05) is 0 Å². The second-order valence-corrected chi connectivity index (χ2v) is 6.06. The number of alkyl halides is 1. The molecule has 0 radical (unpaired) electrons. The summed E-state index contributed by atoms with van der Waals surface area (Å²) < 4.78 is 7.46. The molecule has 0 aromatic heterocycles. The van der Waals surface area contributed by atoms with Gasteiger partial charge in [0.2, 0.25) is 0 Å². The molecule has 1 aromatic rings. The van der Waals surface area contributed by atoms with E-state index in [0.29, 0.717) is 6.10 Å². The Kier molecular flexibility index (Phi) is 5.96.